The number of hydroxylamine groups is 1. The summed E-state index contributed by atoms with van der Waals surface area (Å²) in [5.41, 5.74) is 1.27. The molecule has 1 atom stereocenters. The van der Waals surface area contributed by atoms with E-state index in [4.69, 9.17) is 10.3 Å². The summed E-state index contributed by atoms with van der Waals surface area (Å²) in [6.45, 7) is 5.19. The highest BCUT2D eigenvalue weighted by Crippen LogP contribution is 2.18. The average Bonchev–Trinajstić information content (AvgIpc) is 1.60. The van der Waals surface area contributed by atoms with Crippen LogP contribution in [0.4, 0.5) is 0 Å². The van der Waals surface area contributed by atoms with Crippen LogP contribution in [0.1, 0.15) is 20.8 Å². The Morgan fingerprint density at radius 3 is 1.90 bits per heavy atom. The van der Waals surface area contributed by atoms with Crippen molar-refractivity contribution >= 4 is 5.97 Å². The minimum atomic E-state index is -1.05. The lowest BCUT2D eigenvalue weighted by molar-refractivity contribution is -0.146. The number of aliphatic carboxylic acids is 1. The fourth-order valence-electron chi connectivity index (χ4n) is 0.619. The summed E-state index contributed by atoms with van der Waals surface area (Å²) in [4.78, 5) is 10.4. The fourth-order valence-corrected chi connectivity index (χ4v) is 0.619. The summed E-state index contributed by atoms with van der Waals surface area (Å²) in [7, 11) is 0. The Hall–Kier alpha value is -0.610. The maximum Gasteiger partial charge on any atom is 0.323 e. The Bertz CT molecular complexity index is 127. The molecule has 0 saturated heterocycles. The van der Waals surface area contributed by atoms with Crippen molar-refractivity contribution in [3.05, 3.63) is 0 Å². The third-order valence-corrected chi connectivity index (χ3v) is 1.24. The predicted molar refractivity (Wildman–Crippen MR) is 35.8 cm³/mol. The second-order valence-electron chi connectivity index (χ2n) is 3.27. The monoisotopic (exact) mass is 147 g/mol. The maximum atomic E-state index is 10.4. The maximum absolute atomic E-state index is 10.4. The van der Waals surface area contributed by atoms with E-state index in [1.807, 2.05) is 0 Å². The fraction of sp³-hybridized carbons (Fsp3) is 0.833. The first kappa shape index (κ1) is 9.39. The van der Waals surface area contributed by atoms with Crippen LogP contribution in [0.15, 0.2) is 0 Å². The van der Waals surface area contributed by atoms with Crippen molar-refractivity contribution in [2.45, 2.75) is 26.8 Å². The van der Waals surface area contributed by atoms with E-state index in [1.54, 1.807) is 26.3 Å². The number of nitrogens with one attached hydrogen (secondary N) is 1. The van der Waals surface area contributed by atoms with Crippen LogP contribution < -0.4 is 5.48 Å². The zero-order valence-electron chi connectivity index (χ0n) is 6.38. The van der Waals surface area contributed by atoms with Crippen LogP contribution in [0.25, 0.3) is 0 Å². The zero-order chi connectivity index (χ0) is 8.36. The predicted octanol–water partition coefficient (Wildman–Crippen LogP) is 0.464. The summed E-state index contributed by atoms with van der Waals surface area (Å²) in [6.07, 6.45) is 0. The Labute approximate surface area is 59.8 Å². The highest BCUT2D eigenvalue weighted by molar-refractivity contribution is 5.74. The lowest BCUT2D eigenvalue weighted by Crippen LogP contribution is -2.44. The van der Waals surface area contributed by atoms with Gasteiger partial charge >= 0.3 is 5.97 Å². The van der Waals surface area contributed by atoms with Gasteiger partial charge in [-0.2, -0.15) is 5.48 Å². The highest BCUT2D eigenvalue weighted by atomic mass is 16.5. The molecular formula is C6H13NO3. The van der Waals surface area contributed by atoms with Gasteiger partial charge in [-0.1, -0.05) is 20.8 Å². The molecule has 0 aromatic rings. The summed E-state index contributed by atoms with van der Waals surface area (Å²) >= 11 is 0. The van der Waals surface area contributed by atoms with Gasteiger partial charge in [0.15, 0.2) is 0 Å². The van der Waals surface area contributed by atoms with E-state index in [-0.39, 0.29) is 0 Å². The first-order valence-corrected chi connectivity index (χ1v) is 3.02. The Balaban J connectivity index is 4.22. The minimum absolute atomic E-state index is 0.472. The SMILES string of the molecule is CC(C)(C)[C@H](NO)C(=O)O. The Morgan fingerprint density at radius 1 is 1.50 bits per heavy atom. The average molecular weight is 147 g/mol. The molecule has 0 aliphatic heterocycles. The third-order valence-electron chi connectivity index (χ3n) is 1.24. The molecule has 0 unspecified atom stereocenters. The molecule has 10 heavy (non-hydrogen) atoms. The smallest absolute Gasteiger partial charge is 0.323 e. The molecule has 0 saturated carbocycles. The van der Waals surface area contributed by atoms with Crippen LogP contribution in [-0.2, 0) is 4.79 Å². The topological polar surface area (TPSA) is 69.6 Å². The molecule has 60 valence electrons. The van der Waals surface area contributed by atoms with Gasteiger partial charge in [0, 0.05) is 0 Å². The second-order valence-corrected chi connectivity index (χ2v) is 3.27. The standard InChI is InChI=1S/C6H13NO3/c1-6(2,3)4(7-10)5(8)9/h4,7,10H,1-3H3,(H,8,9)/t4-/m1/s1. The van der Waals surface area contributed by atoms with Crippen molar-refractivity contribution in [1.29, 1.82) is 0 Å². The second kappa shape index (κ2) is 2.98. The van der Waals surface area contributed by atoms with Crippen molar-refractivity contribution < 1.29 is 15.1 Å². The molecule has 4 nitrogen and oxygen atoms in total. The van der Waals surface area contributed by atoms with E-state index in [1.165, 1.54) is 0 Å². The van der Waals surface area contributed by atoms with Gasteiger partial charge in [-0.3, -0.25) is 4.79 Å². The first-order valence-electron chi connectivity index (χ1n) is 3.02. The lowest BCUT2D eigenvalue weighted by Gasteiger charge is -2.24. The summed E-state index contributed by atoms with van der Waals surface area (Å²) < 4.78 is 0. The van der Waals surface area contributed by atoms with Crippen molar-refractivity contribution in [3.63, 3.8) is 0 Å². The van der Waals surface area contributed by atoms with Crippen molar-refractivity contribution in [2.75, 3.05) is 0 Å². The van der Waals surface area contributed by atoms with E-state index in [0.29, 0.717) is 0 Å². The van der Waals surface area contributed by atoms with Gasteiger partial charge in [0.25, 0.3) is 0 Å². The van der Waals surface area contributed by atoms with E-state index >= 15 is 0 Å². The number of rotatable bonds is 2. The van der Waals surface area contributed by atoms with Gasteiger partial charge < -0.3 is 10.3 Å². The Morgan fingerprint density at radius 2 is 1.90 bits per heavy atom. The molecule has 0 bridgehead atoms. The molecule has 0 aliphatic rings. The zero-order valence-corrected chi connectivity index (χ0v) is 6.38. The van der Waals surface area contributed by atoms with Gasteiger partial charge in [-0.25, -0.2) is 0 Å². The molecule has 0 spiro atoms. The molecule has 0 aromatic heterocycles. The van der Waals surface area contributed by atoms with Crippen molar-refractivity contribution in [3.8, 4) is 0 Å². The molecular weight excluding hydrogens is 134 g/mol. The van der Waals surface area contributed by atoms with Crippen LogP contribution in [0.2, 0.25) is 0 Å². The molecule has 0 radical (unpaired) electrons. The van der Waals surface area contributed by atoms with E-state index < -0.39 is 17.4 Å². The van der Waals surface area contributed by atoms with Crippen molar-refractivity contribution in [2.24, 2.45) is 5.41 Å². The number of carboxylic acid groups (broad SMARTS) is 1. The van der Waals surface area contributed by atoms with Crippen LogP contribution in [0.3, 0.4) is 0 Å². The molecule has 4 heteroatoms. The largest absolute Gasteiger partial charge is 0.480 e. The molecule has 0 aromatic carbocycles. The van der Waals surface area contributed by atoms with E-state index in [9.17, 15) is 4.79 Å². The number of hydrogen-bond acceptors (Lipinski definition) is 3. The number of hydrogen-bond donors (Lipinski definition) is 3. The highest BCUT2D eigenvalue weighted by Gasteiger charge is 2.30. The molecule has 0 rings (SSSR count). The van der Waals surface area contributed by atoms with Crippen LogP contribution in [0.5, 0.6) is 0 Å². The van der Waals surface area contributed by atoms with Gasteiger partial charge in [0.1, 0.15) is 6.04 Å². The van der Waals surface area contributed by atoms with E-state index in [0.717, 1.165) is 0 Å². The summed E-state index contributed by atoms with van der Waals surface area (Å²) in [5.74, 6) is -1.05. The lowest BCUT2D eigenvalue weighted by atomic mass is 9.87. The van der Waals surface area contributed by atoms with Gasteiger partial charge in [0.05, 0.1) is 0 Å². The molecule has 0 heterocycles. The molecule has 0 aliphatic carbocycles. The molecule has 0 fully saturated rings. The normalized spacial score (nSPS) is 14.8. The van der Waals surface area contributed by atoms with Crippen LogP contribution >= 0.6 is 0 Å². The minimum Gasteiger partial charge on any atom is -0.480 e. The van der Waals surface area contributed by atoms with Crippen LogP contribution in [0, 0.1) is 5.41 Å². The Kier molecular flexibility index (Phi) is 2.80. The summed E-state index contributed by atoms with van der Waals surface area (Å²) in [5, 5.41) is 16.9. The summed E-state index contributed by atoms with van der Waals surface area (Å²) in [6, 6.07) is -0.910. The molecule has 0 amide bonds. The van der Waals surface area contributed by atoms with Crippen molar-refractivity contribution in [1.82, 2.24) is 5.48 Å². The quantitative estimate of drug-likeness (QED) is 0.496. The van der Waals surface area contributed by atoms with Gasteiger partial charge in [0.2, 0.25) is 0 Å². The van der Waals surface area contributed by atoms with Crippen LogP contribution in [-0.4, -0.2) is 22.3 Å². The van der Waals surface area contributed by atoms with E-state index in [2.05, 4.69) is 0 Å². The van der Waals surface area contributed by atoms with Gasteiger partial charge in [-0.05, 0) is 5.41 Å². The third kappa shape index (κ3) is 2.33. The van der Waals surface area contributed by atoms with Gasteiger partial charge in [-0.15, -0.1) is 0 Å². The number of carbonyl (C=O) groups is 1. The molecule has 3 N–H and O–H groups in total. The first-order chi connectivity index (χ1) is 4.39. The number of carboxylic acids is 1.